The third-order valence-corrected chi connectivity index (χ3v) is 4.16. The summed E-state index contributed by atoms with van der Waals surface area (Å²) in [5.41, 5.74) is 2.89. The first-order valence-corrected chi connectivity index (χ1v) is 7.47. The molecule has 0 fully saturated rings. The average molecular weight is 396 g/mol. The van der Waals surface area contributed by atoms with E-state index in [2.05, 4.69) is 27.6 Å². The predicted molar refractivity (Wildman–Crippen MR) is 89.1 cm³/mol. The molecule has 20 heavy (non-hydrogen) atoms. The van der Waals surface area contributed by atoms with Crippen molar-refractivity contribution >= 4 is 34.8 Å². The van der Waals surface area contributed by atoms with Crippen molar-refractivity contribution in [1.82, 2.24) is 9.55 Å². The van der Waals surface area contributed by atoms with Crippen LogP contribution < -0.4 is 0 Å². The Bertz CT molecular complexity index is 808. The van der Waals surface area contributed by atoms with Crippen LogP contribution in [0.25, 0.3) is 16.9 Å². The van der Waals surface area contributed by atoms with Gasteiger partial charge in [-0.25, -0.2) is 4.39 Å². The van der Waals surface area contributed by atoms with Crippen LogP contribution in [-0.4, -0.2) is 9.55 Å². The molecule has 1 N–H and O–H groups in total. The van der Waals surface area contributed by atoms with Crippen LogP contribution in [0.3, 0.4) is 0 Å². The molecule has 0 saturated carbocycles. The number of benzene rings is 2. The van der Waals surface area contributed by atoms with Gasteiger partial charge < -0.3 is 4.98 Å². The van der Waals surface area contributed by atoms with Crippen molar-refractivity contribution < 1.29 is 4.39 Å². The summed E-state index contributed by atoms with van der Waals surface area (Å²) >= 11 is 7.48. The second kappa shape index (κ2) is 5.49. The van der Waals surface area contributed by atoms with Crippen LogP contribution in [0.4, 0.5) is 4.39 Å². The molecule has 2 nitrogen and oxygen atoms in total. The lowest BCUT2D eigenvalue weighted by Crippen LogP contribution is -2.00. The van der Waals surface area contributed by atoms with Gasteiger partial charge in [-0.3, -0.25) is 4.57 Å². The molecule has 0 saturated heterocycles. The number of aromatic nitrogens is 2. The first-order chi connectivity index (χ1) is 9.66. The van der Waals surface area contributed by atoms with Gasteiger partial charge in [0.25, 0.3) is 0 Å². The third kappa shape index (κ3) is 2.43. The summed E-state index contributed by atoms with van der Waals surface area (Å²) in [6, 6.07) is 14.6. The van der Waals surface area contributed by atoms with Gasteiger partial charge in [0.2, 0.25) is 0 Å². The van der Waals surface area contributed by atoms with E-state index < -0.39 is 0 Å². The Morgan fingerprint density at radius 3 is 2.55 bits per heavy atom. The summed E-state index contributed by atoms with van der Waals surface area (Å²) in [7, 11) is 0. The monoisotopic (exact) mass is 396 g/mol. The maximum atomic E-state index is 13.3. The van der Waals surface area contributed by atoms with Crippen LogP contribution in [0.2, 0.25) is 0 Å². The molecule has 0 aliphatic carbocycles. The van der Waals surface area contributed by atoms with Crippen LogP contribution in [0.15, 0.2) is 54.7 Å². The van der Waals surface area contributed by atoms with E-state index in [1.807, 2.05) is 41.1 Å². The average Bonchev–Trinajstić information content (AvgIpc) is 2.82. The quantitative estimate of drug-likeness (QED) is 0.481. The summed E-state index contributed by atoms with van der Waals surface area (Å²) in [4.78, 5) is 3.06. The molecule has 0 unspecified atom stereocenters. The number of halogens is 2. The van der Waals surface area contributed by atoms with E-state index in [0.29, 0.717) is 4.77 Å². The molecule has 3 rings (SSSR count). The first-order valence-electron chi connectivity index (χ1n) is 5.98. The molecule has 2 aromatic carbocycles. The number of imidazole rings is 1. The molecule has 1 heterocycles. The SMILES string of the molecule is Fc1ccc(-n2c(-c3ccccc3)c[nH]c2=S)c(I)c1. The zero-order valence-corrected chi connectivity index (χ0v) is 13.3. The summed E-state index contributed by atoms with van der Waals surface area (Å²) in [6.45, 7) is 0. The molecule has 0 atom stereocenters. The maximum absolute atomic E-state index is 13.3. The van der Waals surface area contributed by atoms with E-state index in [1.54, 1.807) is 6.07 Å². The van der Waals surface area contributed by atoms with Gasteiger partial charge in [0.05, 0.1) is 11.4 Å². The Kier molecular flexibility index (Phi) is 3.71. The van der Waals surface area contributed by atoms with Crippen molar-refractivity contribution in [2.24, 2.45) is 0 Å². The van der Waals surface area contributed by atoms with E-state index in [9.17, 15) is 4.39 Å². The van der Waals surface area contributed by atoms with E-state index in [1.165, 1.54) is 12.1 Å². The fourth-order valence-electron chi connectivity index (χ4n) is 2.09. The van der Waals surface area contributed by atoms with E-state index in [-0.39, 0.29) is 5.82 Å². The third-order valence-electron chi connectivity index (χ3n) is 3.00. The molecule has 0 aliphatic rings. The lowest BCUT2D eigenvalue weighted by molar-refractivity contribution is 0.626. The van der Waals surface area contributed by atoms with Gasteiger partial charge in [-0.2, -0.15) is 0 Å². The molecular formula is C15H10FIN2S. The normalized spacial score (nSPS) is 10.7. The summed E-state index contributed by atoms with van der Waals surface area (Å²) in [6.07, 6.45) is 1.87. The van der Waals surface area contributed by atoms with Crippen molar-refractivity contribution in [3.05, 3.63) is 68.9 Å². The molecule has 0 amide bonds. The molecule has 100 valence electrons. The van der Waals surface area contributed by atoms with Gasteiger partial charge in [0.15, 0.2) is 4.77 Å². The van der Waals surface area contributed by atoms with Crippen molar-refractivity contribution in [3.8, 4) is 16.9 Å². The Morgan fingerprint density at radius 1 is 1.10 bits per heavy atom. The Hall–Kier alpha value is -1.47. The van der Waals surface area contributed by atoms with Crippen LogP contribution >= 0.6 is 34.8 Å². The fraction of sp³-hybridized carbons (Fsp3) is 0. The topological polar surface area (TPSA) is 20.7 Å². The molecule has 0 bridgehead atoms. The minimum absolute atomic E-state index is 0.249. The number of H-pyrrole nitrogens is 1. The van der Waals surface area contributed by atoms with Crippen LogP contribution in [-0.2, 0) is 0 Å². The zero-order valence-electron chi connectivity index (χ0n) is 10.3. The number of nitrogens with one attached hydrogen (secondary N) is 1. The Balaban J connectivity index is 2.25. The highest BCUT2D eigenvalue weighted by atomic mass is 127. The summed E-state index contributed by atoms with van der Waals surface area (Å²) in [5.74, 6) is -0.249. The minimum Gasteiger partial charge on any atom is -0.336 e. The molecular weight excluding hydrogens is 386 g/mol. The van der Waals surface area contributed by atoms with Crippen molar-refractivity contribution in [2.45, 2.75) is 0 Å². The highest BCUT2D eigenvalue weighted by molar-refractivity contribution is 14.1. The molecule has 0 spiro atoms. The van der Waals surface area contributed by atoms with Gasteiger partial charge in [-0.15, -0.1) is 0 Å². The molecule has 5 heteroatoms. The van der Waals surface area contributed by atoms with E-state index in [4.69, 9.17) is 12.2 Å². The van der Waals surface area contributed by atoms with Crippen molar-refractivity contribution in [1.29, 1.82) is 0 Å². The number of hydrogen-bond donors (Lipinski definition) is 1. The summed E-state index contributed by atoms with van der Waals surface area (Å²) in [5, 5.41) is 0. The minimum atomic E-state index is -0.249. The van der Waals surface area contributed by atoms with E-state index >= 15 is 0 Å². The second-order valence-corrected chi connectivity index (χ2v) is 5.83. The fourth-order valence-corrected chi connectivity index (χ4v) is 3.07. The number of hydrogen-bond acceptors (Lipinski definition) is 1. The van der Waals surface area contributed by atoms with Gasteiger partial charge >= 0.3 is 0 Å². The Labute approximate surface area is 134 Å². The smallest absolute Gasteiger partial charge is 0.182 e. The number of rotatable bonds is 2. The van der Waals surface area contributed by atoms with Gasteiger partial charge in [-0.05, 0) is 53.0 Å². The van der Waals surface area contributed by atoms with Crippen LogP contribution in [0, 0.1) is 14.2 Å². The number of aromatic amines is 1. The highest BCUT2D eigenvalue weighted by Gasteiger charge is 2.11. The van der Waals surface area contributed by atoms with E-state index in [0.717, 1.165) is 20.5 Å². The van der Waals surface area contributed by atoms with Crippen molar-refractivity contribution in [2.75, 3.05) is 0 Å². The molecule has 3 aromatic rings. The standard InChI is InChI=1S/C15H10FIN2S/c16-11-6-7-13(12(17)8-11)19-14(9-18-15(19)20)10-4-2-1-3-5-10/h1-9H,(H,18,20). The van der Waals surface area contributed by atoms with Gasteiger partial charge in [0.1, 0.15) is 5.82 Å². The van der Waals surface area contributed by atoms with Crippen LogP contribution in [0.5, 0.6) is 0 Å². The molecule has 0 aliphatic heterocycles. The zero-order chi connectivity index (χ0) is 14.1. The van der Waals surface area contributed by atoms with Crippen molar-refractivity contribution in [3.63, 3.8) is 0 Å². The first kappa shape index (κ1) is 13.5. The highest BCUT2D eigenvalue weighted by Crippen LogP contribution is 2.26. The largest absolute Gasteiger partial charge is 0.336 e. The molecule has 1 aromatic heterocycles. The summed E-state index contributed by atoms with van der Waals surface area (Å²) < 4.78 is 16.6. The van der Waals surface area contributed by atoms with Crippen LogP contribution in [0.1, 0.15) is 0 Å². The predicted octanol–water partition coefficient (Wildman–Crippen LogP) is 4.95. The molecule has 0 radical (unpaired) electrons. The number of nitrogens with zero attached hydrogens (tertiary/aromatic N) is 1. The lowest BCUT2D eigenvalue weighted by atomic mass is 10.1. The van der Waals surface area contributed by atoms with Gasteiger partial charge in [0, 0.05) is 15.3 Å². The lowest BCUT2D eigenvalue weighted by Gasteiger charge is -2.10. The van der Waals surface area contributed by atoms with Gasteiger partial charge in [-0.1, -0.05) is 30.3 Å². The second-order valence-electron chi connectivity index (χ2n) is 4.28. The maximum Gasteiger partial charge on any atom is 0.182 e. The Morgan fingerprint density at radius 2 is 1.85 bits per heavy atom.